The number of hydrogen-bond acceptors (Lipinski definition) is 4. The second kappa shape index (κ2) is 6.50. The van der Waals surface area contributed by atoms with E-state index in [1.54, 1.807) is 0 Å². The third-order valence-electron chi connectivity index (χ3n) is 3.74. The number of benzene rings is 1. The van der Waals surface area contributed by atoms with Crippen molar-refractivity contribution >= 4 is 33.3 Å². The van der Waals surface area contributed by atoms with E-state index in [9.17, 15) is 4.79 Å². The molecule has 120 valence electrons. The van der Waals surface area contributed by atoms with Gasteiger partial charge in [0.25, 0.3) is 0 Å². The highest BCUT2D eigenvalue weighted by molar-refractivity contribution is 7.15. The van der Waals surface area contributed by atoms with E-state index < -0.39 is 0 Å². The van der Waals surface area contributed by atoms with Gasteiger partial charge in [0.15, 0.2) is 0 Å². The molecule has 0 unspecified atom stereocenters. The lowest BCUT2D eigenvalue weighted by atomic mass is 10.1. The Hall–Kier alpha value is -2.21. The van der Waals surface area contributed by atoms with Crippen molar-refractivity contribution in [1.82, 2.24) is 14.8 Å². The van der Waals surface area contributed by atoms with Crippen LogP contribution in [0.3, 0.4) is 0 Å². The first kappa shape index (κ1) is 15.7. The molecule has 1 amide bonds. The second-order valence-electron chi connectivity index (χ2n) is 5.84. The molecule has 0 spiro atoms. The van der Waals surface area contributed by atoms with E-state index in [2.05, 4.69) is 54.5 Å². The Balaban J connectivity index is 1.72. The standard InChI is InChI=1S/C17H20N4OS/c1-4-12-5-6-14-13(9-12)7-8-21(14)10-15(22)18-17-20-19-16(23-17)11(2)3/h5-9,11H,4,10H2,1-3H3,(H,18,20,22). The SMILES string of the molecule is CCc1ccc2c(ccn2CC(=O)Nc2nnc(C(C)C)s2)c1. The van der Waals surface area contributed by atoms with Crippen molar-refractivity contribution < 1.29 is 4.79 Å². The summed E-state index contributed by atoms with van der Waals surface area (Å²) in [6.45, 7) is 6.52. The van der Waals surface area contributed by atoms with E-state index in [4.69, 9.17) is 0 Å². The first-order chi connectivity index (χ1) is 11.1. The van der Waals surface area contributed by atoms with Crippen LogP contribution in [0.15, 0.2) is 30.5 Å². The van der Waals surface area contributed by atoms with Crippen molar-refractivity contribution in [3.63, 3.8) is 0 Å². The van der Waals surface area contributed by atoms with E-state index in [0.717, 1.165) is 22.3 Å². The molecular formula is C17H20N4OS. The number of carbonyl (C=O) groups excluding carboxylic acids is 1. The molecule has 0 aliphatic rings. The fourth-order valence-electron chi connectivity index (χ4n) is 2.44. The lowest BCUT2D eigenvalue weighted by molar-refractivity contribution is -0.116. The normalized spacial score (nSPS) is 11.3. The molecule has 1 N–H and O–H groups in total. The molecule has 6 heteroatoms. The molecule has 0 radical (unpaired) electrons. The third kappa shape index (κ3) is 3.42. The molecule has 0 saturated carbocycles. The zero-order chi connectivity index (χ0) is 16.4. The smallest absolute Gasteiger partial charge is 0.246 e. The summed E-state index contributed by atoms with van der Waals surface area (Å²) in [5.41, 5.74) is 2.37. The number of hydrogen-bond donors (Lipinski definition) is 1. The molecule has 0 atom stereocenters. The summed E-state index contributed by atoms with van der Waals surface area (Å²) in [6.07, 6.45) is 2.96. The van der Waals surface area contributed by atoms with Crippen molar-refractivity contribution in [2.75, 3.05) is 5.32 Å². The Bertz CT molecular complexity index is 834. The van der Waals surface area contributed by atoms with Crippen LogP contribution in [-0.4, -0.2) is 20.7 Å². The number of nitrogens with zero attached hydrogens (tertiary/aromatic N) is 3. The molecule has 1 aromatic carbocycles. The summed E-state index contributed by atoms with van der Waals surface area (Å²) in [4.78, 5) is 12.2. The molecular weight excluding hydrogens is 308 g/mol. The summed E-state index contributed by atoms with van der Waals surface area (Å²) < 4.78 is 1.95. The number of nitrogens with one attached hydrogen (secondary N) is 1. The third-order valence-corrected chi connectivity index (χ3v) is 4.88. The predicted octanol–water partition coefficient (Wildman–Crippen LogP) is 3.82. The van der Waals surface area contributed by atoms with Crippen LogP contribution < -0.4 is 5.32 Å². The highest BCUT2D eigenvalue weighted by Gasteiger charge is 2.11. The Kier molecular flexibility index (Phi) is 4.43. The van der Waals surface area contributed by atoms with E-state index in [1.807, 2.05) is 16.8 Å². The molecule has 0 aliphatic heterocycles. The first-order valence-electron chi connectivity index (χ1n) is 7.78. The van der Waals surface area contributed by atoms with Crippen LogP contribution in [-0.2, 0) is 17.8 Å². The van der Waals surface area contributed by atoms with Crippen molar-refractivity contribution in [2.45, 2.75) is 39.7 Å². The van der Waals surface area contributed by atoms with Crippen LogP contribution in [0.1, 0.15) is 37.3 Å². The number of anilines is 1. The van der Waals surface area contributed by atoms with Gasteiger partial charge in [-0.1, -0.05) is 38.2 Å². The van der Waals surface area contributed by atoms with Gasteiger partial charge in [-0.05, 0) is 35.6 Å². The lowest BCUT2D eigenvalue weighted by Gasteiger charge is -2.05. The van der Waals surface area contributed by atoms with Crippen LogP contribution in [0, 0.1) is 0 Å². The molecule has 0 saturated heterocycles. The predicted molar refractivity (Wildman–Crippen MR) is 93.9 cm³/mol. The summed E-state index contributed by atoms with van der Waals surface area (Å²) >= 11 is 1.43. The van der Waals surface area contributed by atoms with Crippen LogP contribution in [0.25, 0.3) is 10.9 Å². The number of fused-ring (bicyclic) bond motifs is 1. The molecule has 23 heavy (non-hydrogen) atoms. The minimum atomic E-state index is -0.0893. The highest BCUT2D eigenvalue weighted by Crippen LogP contribution is 2.23. The molecule has 5 nitrogen and oxygen atoms in total. The Labute approximate surface area is 139 Å². The summed E-state index contributed by atoms with van der Waals surface area (Å²) in [7, 11) is 0. The molecule has 2 heterocycles. The minimum Gasteiger partial charge on any atom is -0.338 e. The summed E-state index contributed by atoms with van der Waals surface area (Å²) in [5.74, 6) is 0.229. The Morgan fingerprint density at radius 3 is 2.83 bits per heavy atom. The van der Waals surface area contributed by atoms with Gasteiger partial charge in [-0.15, -0.1) is 10.2 Å². The van der Waals surface area contributed by atoms with Gasteiger partial charge in [-0.3, -0.25) is 10.1 Å². The fraction of sp³-hybridized carbons (Fsp3) is 0.353. The Morgan fingerprint density at radius 2 is 2.13 bits per heavy atom. The largest absolute Gasteiger partial charge is 0.338 e. The topological polar surface area (TPSA) is 59.8 Å². The molecule has 0 aliphatic carbocycles. The second-order valence-corrected chi connectivity index (χ2v) is 6.85. The van der Waals surface area contributed by atoms with Gasteiger partial charge in [0.2, 0.25) is 11.0 Å². The maximum Gasteiger partial charge on any atom is 0.246 e. The van der Waals surface area contributed by atoms with Crippen LogP contribution in [0.5, 0.6) is 0 Å². The number of rotatable bonds is 5. The van der Waals surface area contributed by atoms with Crippen LogP contribution in [0.2, 0.25) is 0 Å². The van der Waals surface area contributed by atoms with Gasteiger partial charge in [-0.2, -0.15) is 0 Å². The van der Waals surface area contributed by atoms with E-state index in [0.29, 0.717) is 11.0 Å². The van der Waals surface area contributed by atoms with Gasteiger partial charge < -0.3 is 4.57 Å². The maximum absolute atomic E-state index is 12.2. The number of amides is 1. The maximum atomic E-state index is 12.2. The first-order valence-corrected chi connectivity index (χ1v) is 8.59. The quantitative estimate of drug-likeness (QED) is 0.774. The zero-order valence-electron chi connectivity index (χ0n) is 13.5. The Morgan fingerprint density at radius 1 is 1.30 bits per heavy atom. The van der Waals surface area contributed by atoms with Crippen molar-refractivity contribution in [3.05, 3.63) is 41.0 Å². The van der Waals surface area contributed by atoms with Gasteiger partial charge in [-0.25, -0.2) is 0 Å². The van der Waals surface area contributed by atoms with Crippen molar-refractivity contribution in [1.29, 1.82) is 0 Å². The minimum absolute atomic E-state index is 0.0893. The van der Waals surface area contributed by atoms with Gasteiger partial charge in [0.1, 0.15) is 11.6 Å². The molecule has 3 rings (SSSR count). The van der Waals surface area contributed by atoms with Crippen LogP contribution >= 0.6 is 11.3 Å². The van der Waals surface area contributed by atoms with Gasteiger partial charge in [0, 0.05) is 17.6 Å². The number of aryl methyl sites for hydroxylation is 1. The number of carbonyl (C=O) groups is 1. The molecule has 0 fully saturated rings. The fourth-order valence-corrected chi connectivity index (χ4v) is 3.20. The number of aromatic nitrogens is 3. The average Bonchev–Trinajstić information content (AvgIpc) is 3.14. The van der Waals surface area contributed by atoms with E-state index >= 15 is 0 Å². The highest BCUT2D eigenvalue weighted by atomic mass is 32.1. The van der Waals surface area contributed by atoms with Gasteiger partial charge >= 0.3 is 0 Å². The average molecular weight is 328 g/mol. The van der Waals surface area contributed by atoms with Crippen molar-refractivity contribution in [2.24, 2.45) is 0 Å². The monoisotopic (exact) mass is 328 g/mol. The zero-order valence-corrected chi connectivity index (χ0v) is 14.4. The summed E-state index contributed by atoms with van der Waals surface area (Å²) in [6, 6.07) is 8.40. The van der Waals surface area contributed by atoms with Crippen molar-refractivity contribution in [3.8, 4) is 0 Å². The lowest BCUT2D eigenvalue weighted by Crippen LogP contribution is -2.18. The molecule has 2 aromatic heterocycles. The van der Waals surface area contributed by atoms with E-state index in [1.165, 1.54) is 16.9 Å². The van der Waals surface area contributed by atoms with Crippen LogP contribution in [0.4, 0.5) is 5.13 Å². The van der Waals surface area contributed by atoms with E-state index in [-0.39, 0.29) is 12.5 Å². The summed E-state index contributed by atoms with van der Waals surface area (Å²) in [5, 5.41) is 13.6. The molecule has 0 bridgehead atoms. The molecule has 3 aromatic rings. The van der Waals surface area contributed by atoms with Gasteiger partial charge in [0.05, 0.1) is 0 Å².